The Morgan fingerprint density at radius 2 is 1.30 bits per heavy atom. The van der Waals surface area contributed by atoms with Crippen LogP contribution in [0.4, 0.5) is 4.39 Å². The normalized spacial score (nSPS) is 17.1. The predicted octanol–water partition coefficient (Wildman–Crippen LogP) is 6.91. The molecule has 43 heavy (non-hydrogen) atoms. The summed E-state index contributed by atoms with van der Waals surface area (Å²) < 4.78 is 22.1. The molecule has 1 unspecified atom stereocenters. The van der Waals surface area contributed by atoms with Gasteiger partial charge < -0.3 is 0 Å². The van der Waals surface area contributed by atoms with E-state index in [4.69, 9.17) is 4.74 Å². The zero-order chi connectivity index (χ0) is 29.9. The van der Waals surface area contributed by atoms with Gasteiger partial charge in [0.25, 0.3) is 0 Å². The van der Waals surface area contributed by atoms with Crippen LogP contribution < -0.4 is 15.9 Å². The topological polar surface area (TPSA) is 36.3 Å². The molecular weight excluding hydrogens is 550 g/mol. The molecule has 1 aliphatic heterocycles. The molecule has 5 heteroatoms. The van der Waals surface area contributed by atoms with Crippen LogP contribution in [0.2, 0.25) is 0 Å². The second-order valence-electron chi connectivity index (χ2n) is 11.6. The molecule has 1 atom stereocenters. The van der Waals surface area contributed by atoms with Crippen molar-refractivity contribution in [1.29, 1.82) is 5.26 Å². The molecule has 6 rings (SSSR count). The molecule has 0 spiro atoms. The van der Waals surface area contributed by atoms with E-state index in [2.05, 4.69) is 122 Å². The maximum absolute atomic E-state index is 14.7. The van der Waals surface area contributed by atoms with E-state index in [1.165, 1.54) is 15.9 Å². The quantitative estimate of drug-likeness (QED) is 0.176. The van der Waals surface area contributed by atoms with E-state index in [1.54, 1.807) is 12.1 Å². The van der Waals surface area contributed by atoms with E-state index in [0.29, 0.717) is 12.2 Å². The first-order chi connectivity index (χ1) is 21.0. The van der Waals surface area contributed by atoms with Crippen molar-refractivity contribution in [2.45, 2.75) is 18.4 Å². The van der Waals surface area contributed by atoms with Gasteiger partial charge in [0.1, 0.15) is 0 Å². The van der Waals surface area contributed by atoms with Crippen LogP contribution in [0.25, 0.3) is 0 Å². The summed E-state index contributed by atoms with van der Waals surface area (Å²) in [6, 6.07) is 47.8. The zero-order valence-corrected chi connectivity index (χ0v) is 25.6. The van der Waals surface area contributed by atoms with Crippen LogP contribution in [0.3, 0.4) is 0 Å². The van der Waals surface area contributed by atoms with Crippen molar-refractivity contribution in [3.05, 3.63) is 162 Å². The number of rotatable bonds is 9. The molecule has 1 aliphatic rings. The number of halogens is 1. The van der Waals surface area contributed by atoms with E-state index in [-0.39, 0.29) is 5.82 Å². The van der Waals surface area contributed by atoms with Crippen LogP contribution in [0.15, 0.2) is 133 Å². The van der Waals surface area contributed by atoms with Crippen LogP contribution in [-0.4, -0.2) is 31.7 Å². The van der Waals surface area contributed by atoms with Crippen molar-refractivity contribution in [1.82, 2.24) is 4.90 Å². The molecular formula is C38H36FN2OP. The summed E-state index contributed by atoms with van der Waals surface area (Å²) in [4.78, 5) is 2.24. The Morgan fingerprint density at radius 3 is 1.79 bits per heavy atom. The van der Waals surface area contributed by atoms with E-state index in [0.717, 1.165) is 35.8 Å². The molecule has 0 aliphatic carbocycles. The van der Waals surface area contributed by atoms with Crippen LogP contribution >= 0.6 is 6.60 Å². The molecule has 0 saturated carbocycles. The Hall–Kier alpha value is -4.13. The minimum atomic E-state index is -3.80. The van der Waals surface area contributed by atoms with Crippen molar-refractivity contribution in [3.8, 4) is 6.07 Å². The van der Waals surface area contributed by atoms with Gasteiger partial charge in [-0.05, 0) is 0 Å². The van der Waals surface area contributed by atoms with Crippen LogP contribution in [0.5, 0.6) is 0 Å². The van der Waals surface area contributed by atoms with Gasteiger partial charge in [-0.25, -0.2) is 0 Å². The number of fused-ring (bicyclic) bond motifs is 1. The zero-order valence-electron chi connectivity index (χ0n) is 24.7. The fourth-order valence-corrected chi connectivity index (χ4v) is 15.7. The summed E-state index contributed by atoms with van der Waals surface area (Å²) in [5.74, 6) is -0.288. The fraction of sp³-hybridized carbons (Fsp3) is 0.184. The summed E-state index contributed by atoms with van der Waals surface area (Å²) in [7, 11) is 4.23. The van der Waals surface area contributed by atoms with Gasteiger partial charge in [-0.3, -0.25) is 0 Å². The fourth-order valence-electron chi connectivity index (χ4n) is 7.49. The van der Waals surface area contributed by atoms with E-state index in [1.807, 2.05) is 24.3 Å². The molecule has 5 aromatic carbocycles. The van der Waals surface area contributed by atoms with Gasteiger partial charge in [0, 0.05) is 0 Å². The minimum absolute atomic E-state index is 0.288. The predicted molar refractivity (Wildman–Crippen MR) is 176 cm³/mol. The number of hydrogen-bond donors (Lipinski definition) is 0. The molecule has 0 fully saturated rings. The molecule has 216 valence electrons. The van der Waals surface area contributed by atoms with Crippen molar-refractivity contribution >= 4 is 22.5 Å². The SMILES string of the molecule is CN(C)CCCP(c1ccccc1)(c1ccccc1)(c1ccccc1)C1(c2ccc(F)cc2)OCc2cc(C#N)ccc21. The third kappa shape index (κ3) is 4.27. The third-order valence-corrected chi connectivity index (χ3v) is 16.7. The summed E-state index contributed by atoms with van der Waals surface area (Å²) in [6.07, 6.45) is 1.72. The molecule has 5 aromatic rings. The Bertz CT molecular complexity index is 1650. The van der Waals surface area contributed by atoms with Gasteiger partial charge in [-0.15, -0.1) is 0 Å². The Kier molecular flexibility index (Phi) is 7.75. The molecule has 0 saturated heterocycles. The monoisotopic (exact) mass is 586 g/mol. The summed E-state index contributed by atoms with van der Waals surface area (Å²) in [5.41, 5.74) is 3.55. The van der Waals surface area contributed by atoms with Crippen LogP contribution in [-0.2, 0) is 16.7 Å². The standard InChI is InChI=1S/C38H36FN2OP/c1-41(2)25-12-26-43(34-13-6-3-7-14-34,35-15-8-4-9-16-35,36-17-10-5-11-18-36)38(32-20-22-33(39)23-21-32)37-24-19-30(28-40)27-31(37)29-42-38/h3-11,13-24,27H,12,25-26,29H2,1-2H3. The second kappa shape index (κ2) is 11.5. The number of ether oxygens (including phenoxy) is 1. The molecule has 3 nitrogen and oxygen atoms in total. The summed E-state index contributed by atoms with van der Waals surface area (Å²) in [6.45, 7) is -2.56. The van der Waals surface area contributed by atoms with Gasteiger partial charge in [0.2, 0.25) is 0 Å². The first-order valence-corrected chi connectivity index (χ1v) is 17.1. The average molecular weight is 587 g/mol. The van der Waals surface area contributed by atoms with E-state index < -0.39 is 11.9 Å². The second-order valence-corrected chi connectivity index (χ2v) is 16.8. The van der Waals surface area contributed by atoms with Crippen molar-refractivity contribution < 1.29 is 9.13 Å². The van der Waals surface area contributed by atoms with Gasteiger partial charge >= 0.3 is 255 Å². The molecule has 0 bridgehead atoms. The molecule has 1 heterocycles. The van der Waals surface area contributed by atoms with Crippen molar-refractivity contribution in [2.75, 3.05) is 26.8 Å². The Morgan fingerprint density at radius 1 is 0.767 bits per heavy atom. The van der Waals surface area contributed by atoms with Gasteiger partial charge in [0.05, 0.1) is 0 Å². The number of hydrogen-bond acceptors (Lipinski definition) is 3. The maximum atomic E-state index is 14.7. The molecule has 0 aromatic heterocycles. The van der Waals surface area contributed by atoms with Crippen LogP contribution in [0, 0.1) is 17.1 Å². The number of benzene rings is 5. The molecule has 0 amide bonds. The van der Waals surface area contributed by atoms with Crippen molar-refractivity contribution in [2.24, 2.45) is 0 Å². The average Bonchev–Trinajstić information content (AvgIpc) is 3.45. The Balaban J connectivity index is 1.90. The van der Waals surface area contributed by atoms with Crippen molar-refractivity contribution in [3.63, 3.8) is 0 Å². The summed E-state index contributed by atoms with van der Waals surface area (Å²) >= 11 is 0. The van der Waals surface area contributed by atoms with Gasteiger partial charge in [0.15, 0.2) is 0 Å². The van der Waals surface area contributed by atoms with Crippen LogP contribution in [0.1, 0.15) is 28.7 Å². The third-order valence-electron chi connectivity index (χ3n) is 9.16. The first kappa shape index (κ1) is 29.0. The number of nitriles is 1. The summed E-state index contributed by atoms with van der Waals surface area (Å²) in [5, 5.41) is 12.5. The van der Waals surface area contributed by atoms with E-state index in [9.17, 15) is 9.65 Å². The first-order valence-electron chi connectivity index (χ1n) is 14.7. The van der Waals surface area contributed by atoms with E-state index >= 15 is 0 Å². The molecule has 0 N–H and O–H groups in total. The van der Waals surface area contributed by atoms with Gasteiger partial charge in [-0.1, -0.05) is 0 Å². The Labute approximate surface area is 254 Å². The van der Waals surface area contributed by atoms with Gasteiger partial charge in [-0.2, -0.15) is 0 Å². The molecule has 0 radical (unpaired) electrons. The number of nitrogens with zero attached hydrogens (tertiary/aromatic N) is 2.